The third-order valence-electron chi connectivity index (χ3n) is 3.96. The Hall–Kier alpha value is -1.90. The molecule has 2 aromatic carbocycles. The van der Waals surface area contributed by atoms with E-state index in [0.29, 0.717) is 0 Å². The van der Waals surface area contributed by atoms with E-state index < -0.39 is 29.4 Å². The summed E-state index contributed by atoms with van der Waals surface area (Å²) < 4.78 is 51.0. The van der Waals surface area contributed by atoms with Crippen LogP contribution in [0, 0.1) is 6.92 Å². The summed E-state index contributed by atoms with van der Waals surface area (Å²) in [5.74, 6) is -1.32. The number of nitrogens with one attached hydrogen (secondary N) is 2. The molecule has 0 aromatic heterocycles. The first-order chi connectivity index (χ1) is 14.1. The van der Waals surface area contributed by atoms with Gasteiger partial charge in [0.2, 0.25) is 0 Å². The minimum atomic E-state index is -4.15. The minimum Gasteiger partial charge on any atom is -0.319 e. The molecule has 0 radical (unpaired) electrons. The number of carbonyl (C=O) groups is 1. The standard InChI is InChI=1S/C19H24ClN2O6PS/c1-4-27-29(24,28-5-2)18(16-8-6-7-9-17(16)20)21-19(23)22-30(25,26)15-12-10-14(3)11-13-15/h6-13,18H,4-5H2,1-3H3,(H2,21,22,23). The summed E-state index contributed by atoms with van der Waals surface area (Å²) in [6.45, 7) is 5.14. The first kappa shape index (κ1) is 24.4. The van der Waals surface area contributed by atoms with Crippen molar-refractivity contribution >= 4 is 35.3 Å². The molecule has 2 N–H and O–H groups in total. The van der Waals surface area contributed by atoms with Crippen molar-refractivity contribution in [3.63, 3.8) is 0 Å². The zero-order chi connectivity index (χ0) is 22.4. The summed E-state index contributed by atoms with van der Waals surface area (Å²) >= 11 is 6.23. The Bertz CT molecular complexity index is 1020. The molecule has 11 heteroatoms. The average Bonchev–Trinajstić information content (AvgIpc) is 2.67. The van der Waals surface area contributed by atoms with E-state index in [1.807, 2.05) is 11.6 Å². The van der Waals surface area contributed by atoms with Gasteiger partial charge in [0.25, 0.3) is 10.0 Å². The lowest BCUT2D eigenvalue weighted by molar-refractivity contribution is 0.204. The van der Waals surface area contributed by atoms with Crippen molar-refractivity contribution in [2.24, 2.45) is 0 Å². The Morgan fingerprint density at radius 1 is 1.07 bits per heavy atom. The van der Waals surface area contributed by atoms with Gasteiger partial charge in [-0.1, -0.05) is 47.5 Å². The Labute approximate surface area is 181 Å². The predicted molar refractivity (Wildman–Crippen MR) is 115 cm³/mol. The Kier molecular flexibility index (Phi) is 8.46. The highest BCUT2D eigenvalue weighted by Crippen LogP contribution is 2.60. The lowest BCUT2D eigenvalue weighted by Gasteiger charge is -2.28. The first-order valence-corrected chi connectivity index (χ1v) is 12.6. The number of halogens is 1. The van der Waals surface area contributed by atoms with E-state index in [9.17, 15) is 17.8 Å². The summed E-state index contributed by atoms with van der Waals surface area (Å²) in [6.07, 6.45) is 0. The molecule has 0 aliphatic carbocycles. The molecule has 0 spiro atoms. The second-order valence-corrected chi connectivity index (χ2v) is 10.4. The van der Waals surface area contributed by atoms with E-state index in [0.717, 1.165) is 5.56 Å². The molecule has 8 nitrogen and oxygen atoms in total. The van der Waals surface area contributed by atoms with E-state index in [1.54, 1.807) is 50.2 Å². The number of amides is 2. The molecule has 164 valence electrons. The van der Waals surface area contributed by atoms with E-state index in [2.05, 4.69) is 5.32 Å². The second-order valence-electron chi connectivity index (χ2n) is 6.19. The summed E-state index contributed by atoms with van der Waals surface area (Å²) in [7, 11) is -8.08. The average molecular weight is 475 g/mol. The number of carbonyl (C=O) groups excluding carboxylic acids is 1. The van der Waals surface area contributed by atoms with E-state index in [4.69, 9.17) is 20.6 Å². The largest absolute Gasteiger partial charge is 0.357 e. The predicted octanol–water partition coefficient (Wildman–Crippen LogP) is 4.60. The topological polar surface area (TPSA) is 111 Å². The fourth-order valence-electron chi connectivity index (χ4n) is 2.62. The molecule has 1 atom stereocenters. The number of benzene rings is 2. The van der Waals surface area contributed by atoms with Crippen LogP contribution < -0.4 is 10.0 Å². The third kappa shape index (κ3) is 6.06. The molecule has 30 heavy (non-hydrogen) atoms. The van der Waals surface area contributed by atoms with Crippen LogP contribution in [0.3, 0.4) is 0 Å². The second kappa shape index (κ2) is 10.4. The van der Waals surface area contributed by atoms with Gasteiger partial charge in [-0.15, -0.1) is 0 Å². The molecule has 2 amide bonds. The summed E-state index contributed by atoms with van der Waals surface area (Å²) in [6, 6.07) is 11.3. The lowest BCUT2D eigenvalue weighted by atomic mass is 10.2. The zero-order valence-electron chi connectivity index (χ0n) is 16.8. The fraction of sp³-hybridized carbons (Fsp3) is 0.316. The summed E-state index contributed by atoms with van der Waals surface area (Å²) in [5.41, 5.74) is 1.14. The molecule has 2 rings (SSSR count). The lowest BCUT2D eigenvalue weighted by Crippen LogP contribution is -2.41. The van der Waals surface area contributed by atoms with E-state index >= 15 is 0 Å². The smallest absolute Gasteiger partial charge is 0.319 e. The number of urea groups is 1. The van der Waals surface area contributed by atoms with E-state index in [1.165, 1.54) is 12.1 Å². The molecule has 1 unspecified atom stereocenters. The van der Waals surface area contributed by atoms with Crippen LogP contribution in [-0.4, -0.2) is 27.7 Å². The number of hydrogen-bond acceptors (Lipinski definition) is 6. The van der Waals surface area contributed by atoms with Crippen LogP contribution in [0.4, 0.5) is 4.79 Å². The van der Waals surface area contributed by atoms with Gasteiger partial charge in [0.1, 0.15) is 0 Å². The van der Waals surface area contributed by atoms with Crippen molar-refractivity contribution in [3.8, 4) is 0 Å². The molecule has 0 aliphatic rings. The third-order valence-corrected chi connectivity index (χ3v) is 7.93. The van der Waals surface area contributed by atoms with Crippen molar-refractivity contribution in [1.82, 2.24) is 10.0 Å². The van der Waals surface area contributed by atoms with Crippen LogP contribution in [0.1, 0.15) is 30.8 Å². The monoisotopic (exact) mass is 474 g/mol. The molecule has 2 aromatic rings. The molecular formula is C19H24ClN2O6PS. The molecular weight excluding hydrogens is 451 g/mol. The van der Waals surface area contributed by atoms with Gasteiger partial charge >= 0.3 is 13.6 Å². The van der Waals surface area contributed by atoms with Crippen molar-refractivity contribution in [2.45, 2.75) is 31.4 Å². The Morgan fingerprint density at radius 2 is 1.63 bits per heavy atom. The maximum Gasteiger partial charge on any atom is 0.357 e. The maximum atomic E-state index is 13.4. The molecule has 0 saturated heterocycles. The zero-order valence-corrected chi connectivity index (χ0v) is 19.3. The molecule has 0 fully saturated rings. The van der Waals surface area contributed by atoms with Crippen molar-refractivity contribution < 1.29 is 26.8 Å². The minimum absolute atomic E-state index is 0.0448. The summed E-state index contributed by atoms with van der Waals surface area (Å²) in [4.78, 5) is 12.5. The van der Waals surface area contributed by atoms with Gasteiger partial charge in [0.15, 0.2) is 5.78 Å². The van der Waals surface area contributed by atoms with Gasteiger partial charge in [-0.2, -0.15) is 0 Å². The van der Waals surface area contributed by atoms with Crippen molar-refractivity contribution in [1.29, 1.82) is 0 Å². The van der Waals surface area contributed by atoms with Crippen molar-refractivity contribution in [2.75, 3.05) is 13.2 Å². The Morgan fingerprint density at radius 3 is 2.17 bits per heavy atom. The van der Waals surface area contributed by atoms with Gasteiger partial charge < -0.3 is 14.4 Å². The van der Waals surface area contributed by atoms with Gasteiger partial charge in [0, 0.05) is 10.6 Å². The van der Waals surface area contributed by atoms with Crippen LogP contribution in [0.25, 0.3) is 0 Å². The number of sulfonamides is 1. The highest BCUT2D eigenvalue weighted by Gasteiger charge is 2.39. The van der Waals surface area contributed by atoms with Crippen LogP contribution in [0.5, 0.6) is 0 Å². The normalized spacial score (nSPS) is 12.9. The van der Waals surface area contributed by atoms with Crippen LogP contribution in [0.15, 0.2) is 53.4 Å². The van der Waals surface area contributed by atoms with Gasteiger partial charge in [-0.25, -0.2) is 17.9 Å². The Balaban J connectivity index is 2.35. The van der Waals surface area contributed by atoms with Gasteiger partial charge in [-0.3, -0.25) is 4.57 Å². The molecule has 0 heterocycles. The van der Waals surface area contributed by atoms with Gasteiger partial charge in [0.05, 0.1) is 18.1 Å². The summed E-state index contributed by atoms with van der Waals surface area (Å²) in [5, 5.41) is 2.61. The highest BCUT2D eigenvalue weighted by molar-refractivity contribution is 7.90. The molecule has 0 bridgehead atoms. The number of aryl methyl sites for hydroxylation is 1. The molecule has 0 saturated carbocycles. The van der Waals surface area contributed by atoms with Crippen LogP contribution >= 0.6 is 19.2 Å². The number of rotatable bonds is 9. The van der Waals surface area contributed by atoms with Crippen LogP contribution in [0.2, 0.25) is 5.02 Å². The first-order valence-electron chi connectivity index (χ1n) is 9.16. The van der Waals surface area contributed by atoms with Gasteiger partial charge in [-0.05, 0) is 39.0 Å². The number of hydrogen-bond donors (Lipinski definition) is 2. The van der Waals surface area contributed by atoms with E-state index in [-0.39, 0.29) is 28.7 Å². The SMILES string of the molecule is CCOP(=O)(OCC)C(NC(=O)NS(=O)(=O)c1ccc(C)cc1)c1ccccc1Cl. The fourth-order valence-corrected chi connectivity index (χ4v) is 5.79. The molecule has 0 aliphatic heterocycles. The quantitative estimate of drug-likeness (QED) is 0.514. The van der Waals surface area contributed by atoms with Crippen molar-refractivity contribution in [3.05, 3.63) is 64.7 Å². The van der Waals surface area contributed by atoms with Crippen LogP contribution in [-0.2, 0) is 23.6 Å². The highest BCUT2D eigenvalue weighted by atomic mass is 35.5. The maximum absolute atomic E-state index is 13.4.